The van der Waals surface area contributed by atoms with E-state index in [9.17, 15) is 8.42 Å². The van der Waals surface area contributed by atoms with Crippen LogP contribution in [0, 0.1) is 0 Å². The fourth-order valence-electron chi connectivity index (χ4n) is 1.61. The molecule has 0 bridgehead atoms. The lowest BCUT2D eigenvalue weighted by Gasteiger charge is -2.35. The first kappa shape index (κ1) is 14.6. The van der Waals surface area contributed by atoms with Crippen LogP contribution in [0.3, 0.4) is 0 Å². The van der Waals surface area contributed by atoms with Gasteiger partial charge in [-0.05, 0) is 20.8 Å². The van der Waals surface area contributed by atoms with Gasteiger partial charge in [0.05, 0.1) is 5.54 Å². The van der Waals surface area contributed by atoms with E-state index in [1.165, 1.54) is 6.26 Å². The van der Waals surface area contributed by atoms with Crippen molar-refractivity contribution in [2.45, 2.75) is 31.7 Å². The van der Waals surface area contributed by atoms with E-state index >= 15 is 0 Å². The van der Waals surface area contributed by atoms with Crippen LogP contribution in [0.4, 0.5) is 0 Å². The molecule has 0 aromatic carbocycles. The van der Waals surface area contributed by atoms with Gasteiger partial charge in [-0.2, -0.15) is 11.8 Å². The number of nitrogens with two attached hydrogens (primary N) is 1. The van der Waals surface area contributed by atoms with Crippen LogP contribution in [0.1, 0.15) is 20.8 Å². The summed E-state index contributed by atoms with van der Waals surface area (Å²) in [6.07, 6.45) is 1.25. The quantitative estimate of drug-likeness (QED) is 0.559. The Labute approximate surface area is 108 Å². The molecule has 1 unspecified atom stereocenters. The Morgan fingerprint density at radius 2 is 2.06 bits per heavy atom. The zero-order valence-corrected chi connectivity index (χ0v) is 12.4. The lowest BCUT2D eigenvalue weighted by atomic mass is 10.1. The summed E-state index contributed by atoms with van der Waals surface area (Å²) in [5.41, 5.74) is 5.63. The normalized spacial score (nSPS) is 23.9. The molecule has 17 heavy (non-hydrogen) atoms. The first-order chi connectivity index (χ1) is 7.61. The second-order valence-electron chi connectivity index (χ2n) is 5.19. The average molecular weight is 279 g/mol. The number of hydrogen-bond donors (Lipinski definition) is 1. The first-order valence-electron chi connectivity index (χ1n) is 5.50. The van der Waals surface area contributed by atoms with Crippen molar-refractivity contribution in [1.29, 1.82) is 0 Å². The monoisotopic (exact) mass is 279 g/mol. The van der Waals surface area contributed by atoms with Gasteiger partial charge >= 0.3 is 0 Å². The van der Waals surface area contributed by atoms with Crippen LogP contribution in [0.5, 0.6) is 0 Å². The van der Waals surface area contributed by atoms with E-state index in [-0.39, 0.29) is 5.54 Å². The molecule has 0 radical (unpaired) electrons. The van der Waals surface area contributed by atoms with Crippen LogP contribution in [-0.2, 0) is 9.84 Å². The van der Waals surface area contributed by atoms with Crippen molar-refractivity contribution in [3.8, 4) is 0 Å². The summed E-state index contributed by atoms with van der Waals surface area (Å²) >= 11 is 1.64. The lowest BCUT2D eigenvalue weighted by molar-refractivity contribution is 0.398. The maximum atomic E-state index is 11.7. The van der Waals surface area contributed by atoms with Crippen LogP contribution in [-0.4, -0.2) is 54.5 Å². The third-order valence-corrected chi connectivity index (χ3v) is 4.97. The molecular formula is C10H21N3O2S2. The molecule has 1 heterocycles. The van der Waals surface area contributed by atoms with Crippen LogP contribution in [0.25, 0.3) is 0 Å². The Bertz CT molecular complexity index is 398. The maximum Gasteiger partial charge on any atom is 0.192 e. The Morgan fingerprint density at radius 1 is 1.47 bits per heavy atom. The van der Waals surface area contributed by atoms with Crippen LogP contribution in [0.2, 0.25) is 0 Å². The average Bonchev–Trinajstić information content (AvgIpc) is 2.13. The van der Waals surface area contributed by atoms with Crippen molar-refractivity contribution in [2.75, 3.05) is 24.3 Å². The van der Waals surface area contributed by atoms with Gasteiger partial charge in [0.25, 0.3) is 0 Å². The van der Waals surface area contributed by atoms with Gasteiger partial charge in [0, 0.05) is 24.3 Å². The third kappa shape index (κ3) is 4.39. The zero-order chi connectivity index (χ0) is 13.3. The summed E-state index contributed by atoms with van der Waals surface area (Å²) in [6, 6.07) is 0. The Kier molecular flexibility index (Phi) is 4.35. The van der Waals surface area contributed by atoms with E-state index < -0.39 is 15.2 Å². The van der Waals surface area contributed by atoms with Gasteiger partial charge in [-0.3, -0.25) is 0 Å². The number of guanidine groups is 1. The van der Waals surface area contributed by atoms with Crippen molar-refractivity contribution in [3.05, 3.63) is 0 Å². The van der Waals surface area contributed by atoms with Gasteiger partial charge in [0.15, 0.2) is 15.8 Å². The zero-order valence-electron chi connectivity index (χ0n) is 10.8. The number of thioether (sulfide) groups is 1. The van der Waals surface area contributed by atoms with E-state index in [1.807, 2.05) is 20.8 Å². The van der Waals surface area contributed by atoms with Gasteiger partial charge < -0.3 is 10.6 Å². The smallest absolute Gasteiger partial charge is 0.192 e. The molecule has 1 fully saturated rings. The number of nitrogens with zero attached hydrogens (tertiary/aromatic N) is 2. The van der Waals surface area contributed by atoms with Gasteiger partial charge in [0.2, 0.25) is 0 Å². The molecule has 0 aromatic heterocycles. The van der Waals surface area contributed by atoms with Crippen LogP contribution in [0.15, 0.2) is 4.99 Å². The second kappa shape index (κ2) is 5.06. The van der Waals surface area contributed by atoms with E-state index in [0.29, 0.717) is 18.3 Å². The molecule has 0 saturated carbocycles. The van der Waals surface area contributed by atoms with Gasteiger partial charge in [-0.1, -0.05) is 0 Å². The first-order valence-corrected chi connectivity index (χ1v) is 8.61. The summed E-state index contributed by atoms with van der Waals surface area (Å²) in [4.78, 5) is 6.05. The molecule has 1 saturated heterocycles. The van der Waals surface area contributed by atoms with E-state index in [0.717, 1.165) is 5.75 Å². The highest BCUT2D eigenvalue weighted by molar-refractivity contribution is 8.00. The SMILES string of the molecule is CC(C)(C)N=C(N)N1CCSCC1S(C)(=O)=O. The Balaban J connectivity index is 2.97. The van der Waals surface area contributed by atoms with Crippen molar-refractivity contribution in [1.82, 2.24) is 4.90 Å². The van der Waals surface area contributed by atoms with Gasteiger partial charge in [-0.15, -0.1) is 0 Å². The highest BCUT2D eigenvalue weighted by atomic mass is 32.2. The highest BCUT2D eigenvalue weighted by Crippen LogP contribution is 2.20. The summed E-state index contributed by atoms with van der Waals surface area (Å²) < 4.78 is 23.4. The fourth-order valence-corrected chi connectivity index (χ4v) is 4.43. The molecule has 100 valence electrons. The topological polar surface area (TPSA) is 75.8 Å². The van der Waals surface area contributed by atoms with Crippen molar-refractivity contribution < 1.29 is 8.42 Å². The number of hydrogen-bond acceptors (Lipinski definition) is 4. The molecule has 5 nitrogen and oxygen atoms in total. The van der Waals surface area contributed by atoms with Crippen molar-refractivity contribution in [3.63, 3.8) is 0 Å². The third-order valence-electron chi connectivity index (χ3n) is 2.32. The summed E-state index contributed by atoms with van der Waals surface area (Å²) in [5.74, 6) is 1.76. The van der Waals surface area contributed by atoms with Gasteiger partial charge in [0.1, 0.15) is 5.37 Å². The number of rotatable bonds is 1. The molecule has 1 rings (SSSR count). The number of aliphatic imine (C=N–C) groups is 1. The molecule has 0 amide bonds. The summed E-state index contributed by atoms with van der Waals surface area (Å²) in [7, 11) is -3.13. The minimum absolute atomic E-state index is 0.295. The molecule has 1 atom stereocenters. The largest absolute Gasteiger partial charge is 0.370 e. The fraction of sp³-hybridized carbons (Fsp3) is 0.900. The van der Waals surface area contributed by atoms with Gasteiger partial charge in [-0.25, -0.2) is 13.4 Å². The van der Waals surface area contributed by atoms with Crippen molar-refractivity contribution >= 4 is 27.6 Å². The minimum atomic E-state index is -3.13. The standard InChI is InChI=1S/C10H21N3O2S2/c1-10(2,3)12-9(11)13-5-6-16-7-8(13)17(4,14)15/h8H,5-7H2,1-4H3,(H2,11,12). The lowest BCUT2D eigenvalue weighted by Crippen LogP contribution is -2.53. The predicted molar refractivity (Wildman–Crippen MR) is 74.0 cm³/mol. The molecule has 0 aromatic rings. The second-order valence-corrected chi connectivity index (χ2v) is 8.55. The van der Waals surface area contributed by atoms with Crippen LogP contribution >= 0.6 is 11.8 Å². The van der Waals surface area contributed by atoms with E-state index in [4.69, 9.17) is 5.73 Å². The summed E-state index contributed by atoms with van der Waals surface area (Å²) in [6.45, 7) is 6.45. The minimum Gasteiger partial charge on any atom is -0.370 e. The Morgan fingerprint density at radius 3 is 2.53 bits per heavy atom. The number of sulfone groups is 1. The van der Waals surface area contributed by atoms with Crippen LogP contribution < -0.4 is 5.73 Å². The molecular weight excluding hydrogens is 258 g/mol. The molecule has 1 aliphatic heterocycles. The molecule has 0 spiro atoms. The molecule has 0 aliphatic carbocycles. The maximum absolute atomic E-state index is 11.7. The predicted octanol–water partition coefficient (Wildman–Crippen LogP) is 0.519. The summed E-state index contributed by atoms with van der Waals surface area (Å²) in [5, 5.41) is -0.549. The molecule has 2 N–H and O–H groups in total. The molecule has 7 heteroatoms. The van der Waals surface area contributed by atoms with E-state index in [1.54, 1.807) is 16.7 Å². The van der Waals surface area contributed by atoms with E-state index in [2.05, 4.69) is 4.99 Å². The highest BCUT2D eigenvalue weighted by Gasteiger charge is 2.32. The molecule has 1 aliphatic rings. The van der Waals surface area contributed by atoms with Crippen molar-refractivity contribution in [2.24, 2.45) is 10.7 Å². The Hall–Kier alpha value is -0.430.